The molecule has 3 amide bonds. The number of ether oxygens (including phenoxy) is 2. The summed E-state index contributed by atoms with van der Waals surface area (Å²) in [7, 11) is -3.86. The van der Waals surface area contributed by atoms with Gasteiger partial charge in [0.25, 0.3) is 10.0 Å². The van der Waals surface area contributed by atoms with Gasteiger partial charge in [0.2, 0.25) is 5.91 Å². The number of amides is 3. The first-order valence-corrected chi connectivity index (χ1v) is 12.2. The number of carbonyl (C=O) groups is 2. The zero-order valence-corrected chi connectivity index (χ0v) is 19.6. The molecule has 0 atom stereocenters. The zero-order valence-electron chi connectivity index (χ0n) is 18.8. The van der Waals surface area contributed by atoms with Crippen LogP contribution in [0.25, 0.3) is 0 Å². The maximum absolute atomic E-state index is 12.7. The molecule has 3 aromatic rings. The Kier molecular flexibility index (Phi) is 7.06. The average molecular weight is 497 g/mol. The van der Waals surface area contributed by atoms with Crippen molar-refractivity contribution < 1.29 is 27.5 Å². The van der Waals surface area contributed by atoms with E-state index in [4.69, 9.17) is 9.47 Å². The molecule has 1 heterocycles. The van der Waals surface area contributed by atoms with E-state index in [0.29, 0.717) is 41.8 Å². The molecule has 3 aromatic carbocycles. The summed E-state index contributed by atoms with van der Waals surface area (Å²) in [6.45, 7) is 2.43. The Bertz CT molecular complexity index is 1340. The van der Waals surface area contributed by atoms with Gasteiger partial charge in [-0.25, -0.2) is 13.2 Å². The second-order valence-corrected chi connectivity index (χ2v) is 9.40. The number of benzene rings is 3. The summed E-state index contributed by atoms with van der Waals surface area (Å²) >= 11 is 0. The fraction of sp³-hybridized carbons (Fsp3) is 0.167. The van der Waals surface area contributed by atoms with Crippen LogP contribution in [0, 0.1) is 6.92 Å². The highest BCUT2D eigenvalue weighted by Gasteiger charge is 2.19. The number of rotatable bonds is 7. The highest BCUT2D eigenvalue weighted by Crippen LogP contribution is 2.32. The lowest BCUT2D eigenvalue weighted by Crippen LogP contribution is -2.35. The van der Waals surface area contributed by atoms with Gasteiger partial charge in [-0.1, -0.05) is 12.1 Å². The van der Waals surface area contributed by atoms with Crippen LogP contribution in [0.3, 0.4) is 0 Å². The normalized spacial score (nSPS) is 12.4. The fourth-order valence-electron chi connectivity index (χ4n) is 3.29. The fourth-order valence-corrected chi connectivity index (χ4v) is 4.36. The Balaban J connectivity index is 1.29. The van der Waals surface area contributed by atoms with E-state index in [1.807, 2.05) is 25.1 Å². The van der Waals surface area contributed by atoms with Gasteiger partial charge in [0, 0.05) is 23.1 Å². The summed E-state index contributed by atoms with van der Waals surface area (Å²) in [6, 6.07) is 17.3. The van der Waals surface area contributed by atoms with E-state index < -0.39 is 22.0 Å². The van der Waals surface area contributed by atoms with Crippen molar-refractivity contribution in [3.05, 3.63) is 72.3 Å². The molecule has 4 rings (SSSR count). The number of hydrogen-bond donors (Lipinski definition) is 4. The van der Waals surface area contributed by atoms with Gasteiger partial charge in [-0.05, 0) is 61.0 Å². The van der Waals surface area contributed by atoms with E-state index in [0.717, 1.165) is 5.56 Å². The van der Waals surface area contributed by atoms with Gasteiger partial charge < -0.3 is 25.4 Å². The van der Waals surface area contributed by atoms with Crippen LogP contribution in [0.5, 0.6) is 11.5 Å². The molecule has 0 saturated heterocycles. The molecule has 0 bridgehead atoms. The molecule has 35 heavy (non-hydrogen) atoms. The van der Waals surface area contributed by atoms with Crippen LogP contribution in [0.15, 0.2) is 71.6 Å². The van der Waals surface area contributed by atoms with E-state index in [1.165, 1.54) is 24.3 Å². The van der Waals surface area contributed by atoms with Gasteiger partial charge >= 0.3 is 6.03 Å². The van der Waals surface area contributed by atoms with Crippen LogP contribution in [0.2, 0.25) is 0 Å². The molecular weight excluding hydrogens is 472 g/mol. The van der Waals surface area contributed by atoms with Crippen molar-refractivity contribution in [3.63, 3.8) is 0 Å². The number of fused-ring (bicyclic) bond motifs is 1. The highest BCUT2D eigenvalue weighted by atomic mass is 32.2. The number of hydrogen-bond acceptors (Lipinski definition) is 6. The molecule has 1 aliphatic rings. The Labute approximate surface area is 202 Å². The van der Waals surface area contributed by atoms with Crippen molar-refractivity contribution in [3.8, 4) is 11.5 Å². The van der Waals surface area contributed by atoms with Crippen LogP contribution >= 0.6 is 0 Å². The minimum atomic E-state index is -3.86. The molecule has 0 radical (unpaired) electrons. The molecule has 0 unspecified atom stereocenters. The minimum Gasteiger partial charge on any atom is -0.486 e. The molecule has 11 heteroatoms. The van der Waals surface area contributed by atoms with Gasteiger partial charge in [0.1, 0.15) is 13.2 Å². The van der Waals surface area contributed by atoms with E-state index in [9.17, 15) is 18.0 Å². The molecule has 1 aliphatic heterocycles. The summed E-state index contributed by atoms with van der Waals surface area (Å²) in [6.07, 6.45) is 0. The smallest absolute Gasteiger partial charge is 0.319 e. The third-order valence-electron chi connectivity index (χ3n) is 4.93. The second-order valence-electron chi connectivity index (χ2n) is 7.71. The number of aryl methyl sites for hydroxylation is 1. The van der Waals surface area contributed by atoms with Crippen molar-refractivity contribution in [2.45, 2.75) is 11.8 Å². The van der Waals surface area contributed by atoms with Gasteiger partial charge in [-0.3, -0.25) is 9.52 Å². The lowest BCUT2D eigenvalue weighted by atomic mass is 10.2. The highest BCUT2D eigenvalue weighted by molar-refractivity contribution is 7.92. The maximum Gasteiger partial charge on any atom is 0.319 e. The maximum atomic E-state index is 12.7. The van der Waals surface area contributed by atoms with E-state index in [2.05, 4.69) is 20.7 Å². The summed E-state index contributed by atoms with van der Waals surface area (Å²) in [5, 5.41) is 7.77. The molecule has 0 aliphatic carbocycles. The van der Waals surface area contributed by atoms with Crippen molar-refractivity contribution in [1.29, 1.82) is 0 Å². The van der Waals surface area contributed by atoms with Crippen molar-refractivity contribution in [2.75, 3.05) is 35.1 Å². The Hall–Kier alpha value is -4.25. The van der Waals surface area contributed by atoms with Crippen molar-refractivity contribution in [2.24, 2.45) is 0 Å². The number of urea groups is 1. The van der Waals surface area contributed by atoms with Crippen LogP contribution in [0.4, 0.5) is 21.9 Å². The summed E-state index contributed by atoms with van der Waals surface area (Å²) < 4.78 is 38.8. The monoisotopic (exact) mass is 496 g/mol. The lowest BCUT2D eigenvalue weighted by molar-refractivity contribution is -0.115. The third kappa shape index (κ3) is 6.42. The molecule has 182 valence electrons. The predicted octanol–water partition coefficient (Wildman–Crippen LogP) is 3.33. The first-order chi connectivity index (χ1) is 16.8. The van der Waals surface area contributed by atoms with Crippen LogP contribution in [-0.2, 0) is 14.8 Å². The number of sulfonamides is 1. The average Bonchev–Trinajstić information content (AvgIpc) is 2.83. The van der Waals surface area contributed by atoms with Crippen LogP contribution < -0.4 is 30.1 Å². The van der Waals surface area contributed by atoms with Gasteiger partial charge in [0.05, 0.1) is 11.4 Å². The Morgan fingerprint density at radius 1 is 0.829 bits per heavy atom. The van der Waals surface area contributed by atoms with E-state index >= 15 is 0 Å². The first kappa shape index (κ1) is 23.9. The van der Waals surface area contributed by atoms with Gasteiger partial charge in [-0.15, -0.1) is 0 Å². The predicted molar refractivity (Wildman–Crippen MR) is 132 cm³/mol. The molecule has 10 nitrogen and oxygen atoms in total. The lowest BCUT2D eigenvalue weighted by Gasteiger charge is -2.19. The van der Waals surface area contributed by atoms with Gasteiger partial charge in [0.15, 0.2) is 11.5 Å². The standard InChI is InChI=1S/C24H24N4O6S/c1-16-3-2-4-19(13-16)27-24(30)25-15-23(29)26-17-5-7-18(8-6-17)28-35(31,32)20-9-10-21-22(14-20)34-12-11-33-21/h2-10,13-14,28H,11-12,15H2,1H3,(H,26,29)(H2,25,27,30). The number of anilines is 3. The third-order valence-corrected chi connectivity index (χ3v) is 6.31. The topological polar surface area (TPSA) is 135 Å². The van der Waals surface area contributed by atoms with Gasteiger partial charge in [-0.2, -0.15) is 0 Å². The summed E-state index contributed by atoms with van der Waals surface area (Å²) in [5.74, 6) is 0.435. The molecule has 4 N–H and O–H groups in total. The quantitative estimate of drug-likeness (QED) is 0.396. The zero-order chi connectivity index (χ0) is 24.8. The van der Waals surface area contributed by atoms with E-state index in [-0.39, 0.29) is 11.4 Å². The molecule has 0 spiro atoms. The molecule has 0 aromatic heterocycles. The number of nitrogens with one attached hydrogen (secondary N) is 4. The minimum absolute atomic E-state index is 0.0362. The summed E-state index contributed by atoms with van der Waals surface area (Å²) in [4.78, 5) is 24.2. The first-order valence-electron chi connectivity index (χ1n) is 10.7. The van der Waals surface area contributed by atoms with Crippen molar-refractivity contribution >= 4 is 39.0 Å². The molecule has 0 saturated carbocycles. The SMILES string of the molecule is Cc1cccc(NC(=O)NCC(=O)Nc2ccc(NS(=O)(=O)c3ccc4c(c3)OCCO4)cc2)c1. The van der Waals surface area contributed by atoms with E-state index in [1.54, 1.807) is 24.3 Å². The van der Waals surface area contributed by atoms with Crippen LogP contribution in [0.1, 0.15) is 5.56 Å². The number of carbonyl (C=O) groups excluding carboxylic acids is 2. The Morgan fingerprint density at radius 3 is 2.29 bits per heavy atom. The second kappa shape index (κ2) is 10.3. The Morgan fingerprint density at radius 2 is 1.54 bits per heavy atom. The molecular formula is C24H24N4O6S. The molecule has 0 fully saturated rings. The largest absolute Gasteiger partial charge is 0.486 e. The van der Waals surface area contributed by atoms with Crippen LogP contribution in [-0.4, -0.2) is 40.1 Å². The van der Waals surface area contributed by atoms with Crippen molar-refractivity contribution in [1.82, 2.24) is 5.32 Å². The summed E-state index contributed by atoms with van der Waals surface area (Å²) in [5.41, 5.74) is 2.38.